The van der Waals surface area contributed by atoms with Gasteiger partial charge in [0.2, 0.25) is 0 Å². The second-order valence-corrected chi connectivity index (χ2v) is 6.77. The Morgan fingerprint density at radius 2 is 2.15 bits per heavy atom. The lowest BCUT2D eigenvalue weighted by atomic mass is 10.2. The van der Waals surface area contributed by atoms with Crippen molar-refractivity contribution in [3.8, 4) is 0 Å². The summed E-state index contributed by atoms with van der Waals surface area (Å²) in [6.07, 6.45) is 1.25. The molecule has 0 spiro atoms. The average molecular weight is 230 g/mol. The van der Waals surface area contributed by atoms with Crippen LogP contribution in [-0.2, 0) is 24.0 Å². The predicted molar refractivity (Wildman–Crippen MR) is 50.4 cm³/mol. The second kappa shape index (κ2) is 5.88. The molecule has 7 heteroatoms. The maximum atomic E-state index is 11.0. The van der Waals surface area contributed by atoms with E-state index in [-0.39, 0.29) is 6.10 Å². The second-order valence-electron chi connectivity index (χ2n) is 2.56. The first-order valence-corrected chi connectivity index (χ1v) is 7.18. The molecule has 3 unspecified atom stereocenters. The molecule has 0 bridgehead atoms. The summed E-state index contributed by atoms with van der Waals surface area (Å²) in [5.41, 5.74) is 0. The van der Waals surface area contributed by atoms with Gasteiger partial charge in [-0.25, -0.2) is 8.77 Å². The zero-order valence-corrected chi connectivity index (χ0v) is 9.64. The zero-order valence-electron chi connectivity index (χ0n) is 7.93. The first-order valence-electron chi connectivity index (χ1n) is 3.92. The van der Waals surface area contributed by atoms with E-state index in [1.54, 1.807) is 6.92 Å². The summed E-state index contributed by atoms with van der Waals surface area (Å²) in [5, 5.41) is 0. The Morgan fingerprint density at radius 3 is 2.54 bits per heavy atom. The van der Waals surface area contributed by atoms with Gasteiger partial charge < -0.3 is 9.42 Å². The van der Waals surface area contributed by atoms with E-state index in [9.17, 15) is 8.77 Å². The van der Waals surface area contributed by atoms with Gasteiger partial charge in [-0.2, -0.15) is 0 Å². The van der Waals surface area contributed by atoms with E-state index >= 15 is 0 Å². The molecule has 80 valence electrons. The van der Waals surface area contributed by atoms with E-state index in [0.717, 1.165) is 13.5 Å². The van der Waals surface area contributed by atoms with E-state index in [2.05, 4.69) is 4.52 Å². The molecule has 0 heterocycles. The predicted octanol–water partition coefficient (Wildman–Crippen LogP) is 1.60. The van der Waals surface area contributed by atoms with Gasteiger partial charge in [-0.3, -0.25) is 4.18 Å². The fraction of sp³-hybridized carbons (Fsp3) is 1.00. The van der Waals surface area contributed by atoms with Crippen molar-refractivity contribution in [2.24, 2.45) is 0 Å². The molecule has 0 aliphatic heterocycles. The fourth-order valence-electron chi connectivity index (χ4n) is 0.710. The van der Waals surface area contributed by atoms with Crippen LogP contribution in [0, 0.1) is 0 Å². The van der Waals surface area contributed by atoms with Crippen molar-refractivity contribution in [1.82, 2.24) is 0 Å². The number of rotatable bonds is 6. The third-order valence-electron chi connectivity index (χ3n) is 1.36. The van der Waals surface area contributed by atoms with Gasteiger partial charge in [-0.1, -0.05) is 13.3 Å². The molecule has 0 aliphatic rings. The van der Waals surface area contributed by atoms with Crippen LogP contribution in [0.15, 0.2) is 0 Å². The summed E-state index contributed by atoms with van der Waals surface area (Å²) in [5.74, 6) is 0. The summed E-state index contributed by atoms with van der Waals surface area (Å²) in [6, 6.07) is 0. The molecule has 0 saturated heterocycles. The van der Waals surface area contributed by atoms with Crippen LogP contribution >= 0.6 is 6.80 Å². The third-order valence-corrected chi connectivity index (χ3v) is 4.53. The molecule has 0 aromatic rings. The van der Waals surface area contributed by atoms with Gasteiger partial charge in [-0.15, -0.1) is 0 Å². The molecule has 1 N–H and O–H groups in total. The highest BCUT2D eigenvalue weighted by atomic mass is 32.8. The topological polar surface area (TPSA) is 72.8 Å². The molecule has 0 fully saturated rings. The molecule has 0 radical (unpaired) electrons. The van der Waals surface area contributed by atoms with Crippen molar-refractivity contribution in [2.75, 3.05) is 7.11 Å². The largest absolute Gasteiger partial charge is 0.442 e. The SMILES string of the molecule is CCCC(C)OS(=O)P(=O)(O)OC. The summed E-state index contributed by atoms with van der Waals surface area (Å²) in [4.78, 5) is 8.92. The van der Waals surface area contributed by atoms with Crippen LogP contribution in [0.25, 0.3) is 0 Å². The molecule has 0 amide bonds. The molecule has 0 aliphatic carbocycles. The maximum absolute atomic E-state index is 11.0. The minimum atomic E-state index is -4.09. The van der Waals surface area contributed by atoms with Crippen molar-refractivity contribution in [1.29, 1.82) is 0 Å². The van der Waals surface area contributed by atoms with Crippen LogP contribution < -0.4 is 0 Å². The molecule has 0 saturated carbocycles. The Hall–Kier alpha value is 0.260. The molecule has 5 nitrogen and oxygen atoms in total. The smallest absolute Gasteiger partial charge is 0.313 e. The fourth-order valence-corrected chi connectivity index (χ4v) is 2.45. The minimum Gasteiger partial charge on any atom is -0.313 e. The molecule has 0 aromatic carbocycles. The molecular weight excluding hydrogens is 215 g/mol. The average Bonchev–Trinajstić information content (AvgIpc) is 2.04. The summed E-state index contributed by atoms with van der Waals surface area (Å²) < 4.78 is 30.9. The monoisotopic (exact) mass is 230 g/mol. The van der Waals surface area contributed by atoms with Crippen LogP contribution in [0.2, 0.25) is 0 Å². The van der Waals surface area contributed by atoms with Gasteiger partial charge in [-0.05, 0) is 13.3 Å². The zero-order chi connectivity index (χ0) is 10.5. The van der Waals surface area contributed by atoms with Crippen molar-refractivity contribution in [3.63, 3.8) is 0 Å². The van der Waals surface area contributed by atoms with E-state index in [4.69, 9.17) is 9.08 Å². The summed E-state index contributed by atoms with van der Waals surface area (Å²) in [6.45, 7) is -0.458. The number of hydrogen-bond acceptors (Lipinski definition) is 4. The lowest BCUT2D eigenvalue weighted by Crippen LogP contribution is -2.10. The lowest BCUT2D eigenvalue weighted by molar-refractivity contribution is 0.232. The molecule has 13 heavy (non-hydrogen) atoms. The van der Waals surface area contributed by atoms with Gasteiger partial charge in [0.1, 0.15) is 0 Å². The Balaban J connectivity index is 4.08. The first kappa shape index (κ1) is 13.3. The van der Waals surface area contributed by atoms with E-state index in [0.29, 0.717) is 6.42 Å². The van der Waals surface area contributed by atoms with Crippen molar-refractivity contribution in [2.45, 2.75) is 32.8 Å². The highest BCUT2D eigenvalue weighted by molar-refractivity contribution is 8.43. The molecular formula is C6H15O5PS. The Kier molecular flexibility index (Phi) is 6.00. The van der Waals surface area contributed by atoms with Crippen molar-refractivity contribution < 1.29 is 22.4 Å². The van der Waals surface area contributed by atoms with Gasteiger partial charge >= 0.3 is 6.80 Å². The molecule has 0 rings (SSSR count). The highest BCUT2D eigenvalue weighted by Crippen LogP contribution is 2.46. The van der Waals surface area contributed by atoms with Gasteiger partial charge in [0.05, 0.1) is 6.10 Å². The maximum Gasteiger partial charge on any atom is 0.442 e. The van der Waals surface area contributed by atoms with Crippen LogP contribution in [0.3, 0.4) is 0 Å². The van der Waals surface area contributed by atoms with E-state index < -0.39 is 17.5 Å². The lowest BCUT2D eigenvalue weighted by Gasteiger charge is -2.12. The van der Waals surface area contributed by atoms with E-state index in [1.165, 1.54) is 0 Å². The standard InChI is InChI=1S/C6H15O5PS/c1-4-5-6(2)11-13(9)12(7,8)10-3/h6H,4-5H2,1-3H3,(H,7,8). The Labute approximate surface area is 80.4 Å². The van der Waals surface area contributed by atoms with Gasteiger partial charge in [0, 0.05) is 7.11 Å². The van der Waals surface area contributed by atoms with Crippen molar-refractivity contribution in [3.05, 3.63) is 0 Å². The normalized spacial score (nSPS) is 20.6. The third kappa shape index (κ3) is 4.88. The Bertz CT molecular complexity index is 219. The van der Waals surface area contributed by atoms with Crippen LogP contribution in [0.1, 0.15) is 26.7 Å². The molecule has 0 aromatic heterocycles. The first-order chi connectivity index (χ1) is 5.94. The van der Waals surface area contributed by atoms with Crippen LogP contribution in [0.5, 0.6) is 0 Å². The van der Waals surface area contributed by atoms with Gasteiger partial charge in [0.15, 0.2) is 0 Å². The van der Waals surface area contributed by atoms with Crippen LogP contribution in [-0.4, -0.2) is 22.3 Å². The van der Waals surface area contributed by atoms with Crippen LogP contribution in [0.4, 0.5) is 0 Å². The highest BCUT2D eigenvalue weighted by Gasteiger charge is 2.30. The summed E-state index contributed by atoms with van der Waals surface area (Å²) >= 11 is 0. The quantitative estimate of drug-likeness (QED) is 0.701. The minimum absolute atomic E-state index is 0.304. The van der Waals surface area contributed by atoms with E-state index in [1.807, 2.05) is 6.92 Å². The van der Waals surface area contributed by atoms with Crippen molar-refractivity contribution >= 4 is 17.5 Å². The Morgan fingerprint density at radius 1 is 1.62 bits per heavy atom. The number of hydrogen-bond donors (Lipinski definition) is 1. The van der Waals surface area contributed by atoms with Gasteiger partial charge in [0.25, 0.3) is 10.7 Å². The summed E-state index contributed by atoms with van der Waals surface area (Å²) in [7, 11) is -1.25. The molecule has 3 atom stereocenters.